The van der Waals surface area contributed by atoms with Crippen LogP contribution in [0.25, 0.3) is 0 Å². The summed E-state index contributed by atoms with van der Waals surface area (Å²) in [4.78, 5) is 0. The standard InChI is InChI=1S/C11H14FNO/c1-3-10-7(2)13-9-5-4-8(12)6-11(9)14-10/h4-7,10,13H,3H2,1-2H3. The second-order valence-electron chi connectivity index (χ2n) is 3.64. The van der Waals surface area contributed by atoms with Crippen LogP contribution >= 0.6 is 0 Å². The summed E-state index contributed by atoms with van der Waals surface area (Å²) in [6, 6.07) is 4.86. The maximum absolute atomic E-state index is 12.9. The highest BCUT2D eigenvalue weighted by Crippen LogP contribution is 2.32. The summed E-state index contributed by atoms with van der Waals surface area (Å²) in [5.74, 6) is 0.366. The average Bonchev–Trinajstić information content (AvgIpc) is 2.17. The van der Waals surface area contributed by atoms with Crippen molar-refractivity contribution in [2.24, 2.45) is 0 Å². The highest BCUT2D eigenvalue weighted by atomic mass is 19.1. The fourth-order valence-corrected chi connectivity index (χ4v) is 1.75. The minimum absolute atomic E-state index is 0.129. The Bertz CT molecular complexity index is 340. The van der Waals surface area contributed by atoms with Crippen LogP contribution in [-0.4, -0.2) is 12.1 Å². The summed E-state index contributed by atoms with van der Waals surface area (Å²) in [7, 11) is 0. The largest absolute Gasteiger partial charge is 0.486 e. The lowest BCUT2D eigenvalue weighted by molar-refractivity contribution is 0.169. The van der Waals surface area contributed by atoms with Crippen molar-refractivity contribution in [3.63, 3.8) is 0 Å². The van der Waals surface area contributed by atoms with Gasteiger partial charge in [0, 0.05) is 6.07 Å². The smallest absolute Gasteiger partial charge is 0.145 e. The fraction of sp³-hybridized carbons (Fsp3) is 0.455. The second-order valence-corrected chi connectivity index (χ2v) is 3.64. The number of rotatable bonds is 1. The number of fused-ring (bicyclic) bond motifs is 1. The van der Waals surface area contributed by atoms with Gasteiger partial charge in [0.15, 0.2) is 0 Å². The van der Waals surface area contributed by atoms with E-state index in [4.69, 9.17) is 4.74 Å². The first-order valence-electron chi connectivity index (χ1n) is 4.93. The molecule has 0 aliphatic carbocycles. The molecule has 0 bridgehead atoms. The average molecular weight is 195 g/mol. The van der Waals surface area contributed by atoms with Crippen molar-refractivity contribution in [1.82, 2.24) is 0 Å². The Morgan fingerprint density at radius 1 is 1.50 bits per heavy atom. The monoisotopic (exact) mass is 195 g/mol. The molecule has 1 aliphatic heterocycles. The molecule has 0 saturated carbocycles. The van der Waals surface area contributed by atoms with Crippen LogP contribution in [0.2, 0.25) is 0 Å². The highest BCUT2D eigenvalue weighted by Gasteiger charge is 2.24. The summed E-state index contributed by atoms with van der Waals surface area (Å²) in [6.45, 7) is 4.13. The molecule has 0 spiro atoms. The normalized spacial score (nSPS) is 24.8. The topological polar surface area (TPSA) is 21.3 Å². The summed E-state index contributed by atoms with van der Waals surface area (Å²) >= 11 is 0. The molecule has 14 heavy (non-hydrogen) atoms. The Labute approximate surface area is 83.1 Å². The van der Waals surface area contributed by atoms with E-state index in [2.05, 4.69) is 19.2 Å². The molecule has 2 nitrogen and oxygen atoms in total. The number of hydrogen-bond donors (Lipinski definition) is 1. The van der Waals surface area contributed by atoms with Crippen molar-refractivity contribution < 1.29 is 9.13 Å². The van der Waals surface area contributed by atoms with Gasteiger partial charge in [-0.05, 0) is 25.5 Å². The number of ether oxygens (including phenoxy) is 1. The van der Waals surface area contributed by atoms with Crippen LogP contribution in [0.5, 0.6) is 5.75 Å². The molecule has 1 heterocycles. The van der Waals surface area contributed by atoms with Crippen LogP contribution in [0.15, 0.2) is 18.2 Å². The number of halogens is 1. The molecule has 0 radical (unpaired) electrons. The van der Waals surface area contributed by atoms with Gasteiger partial charge in [0.05, 0.1) is 11.7 Å². The lowest BCUT2D eigenvalue weighted by Crippen LogP contribution is -2.38. The molecule has 3 heteroatoms. The van der Waals surface area contributed by atoms with Gasteiger partial charge in [0.25, 0.3) is 0 Å². The predicted molar refractivity (Wildman–Crippen MR) is 54.2 cm³/mol. The molecule has 1 aromatic rings. The number of nitrogens with one attached hydrogen (secondary N) is 1. The van der Waals surface area contributed by atoms with E-state index in [1.807, 2.05) is 0 Å². The molecule has 1 N–H and O–H groups in total. The molecule has 1 aromatic carbocycles. The van der Waals surface area contributed by atoms with Crippen LogP contribution in [0.3, 0.4) is 0 Å². The lowest BCUT2D eigenvalue weighted by atomic mass is 10.1. The first-order valence-corrected chi connectivity index (χ1v) is 4.93. The molecular weight excluding hydrogens is 181 g/mol. The maximum atomic E-state index is 12.9. The number of benzene rings is 1. The third kappa shape index (κ3) is 1.54. The number of hydrogen-bond acceptors (Lipinski definition) is 2. The van der Waals surface area contributed by atoms with Gasteiger partial charge in [-0.1, -0.05) is 6.92 Å². The van der Waals surface area contributed by atoms with Crippen LogP contribution in [0.4, 0.5) is 10.1 Å². The van der Waals surface area contributed by atoms with Crippen LogP contribution in [0.1, 0.15) is 20.3 Å². The fourth-order valence-electron chi connectivity index (χ4n) is 1.75. The van der Waals surface area contributed by atoms with Gasteiger partial charge >= 0.3 is 0 Å². The van der Waals surface area contributed by atoms with Gasteiger partial charge in [0.2, 0.25) is 0 Å². The Morgan fingerprint density at radius 3 is 3.00 bits per heavy atom. The molecule has 0 aromatic heterocycles. The molecule has 0 fully saturated rings. The summed E-state index contributed by atoms with van der Waals surface area (Å²) in [5.41, 5.74) is 0.878. The zero-order valence-corrected chi connectivity index (χ0v) is 8.38. The Hall–Kier alpha value is -1.25. The van der Waals surface area contributed by atoms with E-state index in [0.717, 1.165) is 12.1 Å². The first kappa shape index (κ1) is 9.31. The molecule has 2 rings (SSSR count). The minimum Gasteiger partial charge on any atom is -0.486 e. The molecule has 76 valence electrons. The zero-order chi connectivity index (χ0) is 10.1. The molecule has 2 unspecified atom stereocenters. The van der Waals surface area contributed by atoms with Crippen molar-refractivity contribution in [3.8, 4) is 5.75 Å². The summed E-state index contributed by atoms with van der Waals surface area (Å²) in [6.07, 6.45) is 1.05. The van der Waals surface area contributed by atoms with E-state index < -0.39 is 0 Å². The molecule has 1 aliphatic rings. The van der Waals surface area contributed by atoms with Crippen LogP contribution in [0, 0.1) is 5.82 Å². The van der Waals surface area contributed by atoms with E-state index >= 15 is 0 Å². The summed E-state index contributed by atoms with van der Waals surface area (Å²) < 4.78 is 18.6. The van der Waals surface area contributed by atoms with E-state index in [9.17, 15) is 4.39 Å². The quantitative estimate of drug-likeness (QED) is 0.744. The van der Waals surface area contributed by atoms with Gasteiger partial charge < -0.3 is 10.1 Å². The third-order valence-electron chi connectivity index (χ3n) is 2.57. The first-order chi connectivity index (χ1) is 6.70. The van der Waals surface area contributed by atoms with Gasteiger partial charge in [-0.15, -0.1) is 0 Å². The number of anilines is 1. The predicted octanol–water partition coefficient (Wildman–Crippen LogP) is 2.80. The Kier molecular flexibility index (Phi) is 2.32. The Balaban J connectivity index is 2.31. The highest BCUT2D eigenvalue weighted by molar-refractivity contribution is 5.58. The SMILES string of the molecule is CCC1Oc2cc(F)ccc2NC1C. The van der Waals surface area contributed by atoms with E-state index in [-0.39, 0.29) is 18.0 Å². The van der Waals surface area contributed by atoms with Crippen molar-refractivity contribution >= 4 is 5.69 Å². The van der Waals surface area contributed by atoms with Crippen molar-refractivity contribution in [2.45, 2.75) is 32.4 Å². The molecular formula is C11H14FNO. The van der Waals surface area contributed by atoms with Gasteiger partial charge in [-0.3, -0.25) is 0 Å². The third-order valence-corrected chi connectivity index (χ3v) is 2.57. The van der Waals surface area contributed by atoms with Crippen molar-refractivity contribution in [3.05, 3.63) is 24.0 Å². The molecule has 0 amide bonds. The van der Waals surface area contributed by atoms with E-state index in [1.54, 1.807) is 6.07 Å². The Morgan fingerprint density at radius 2 is 2.29 bits per heavy atom. The summed E-state index contributed by atoms with van der Waals surface area (Å²) in [5, 5.41) is 3.30. The van der Waals surface area contributed by atoms with Gasteiger partial charge in [-0.25, -0.2) is 4.39 Å². The van der Waals surface area contributed by atoms with E-state index in [0.29, 0.717) is 5.75 Å². The lowest BCUT2D eigenvalue weighted by Gasteiger charge is -2.32. The molecule has 0 saturated heterocycles. The maximum Gasteiger partial charge on any atom is 0.145 e. The zero-order valence-electron chi connectivity index (χ0n) is 8.38. The van der Waals surface area contributed by atoms with Crippen molar-refractivity contribution in [2.75, 3.05) is 5.32 Å². The second kappa shape index (κ2) is 3.48. The van der Waals surface area contributed by atoms with Crippen LogP contribution < -0.4 is 10.1 Å². The molecule has 2 atom stereocenters. The minimum atomic E-state index is -0.255. The van der Waals surface area contributed by atoms with Crippen LogP contribution in [-0.2, 0) is 0 Å². The van der Waals surface area contributed by atoms with Gasteiger partial charge in [0.1, 0.15) is 17.7 Å². The van der Waals surface area contributed by atoms with E-state index in [1.165, 1.54) is 12.1 Å². The van der Waals surface area contributed by atoms with Crippen molar-refractivity contribution in [1.29, 1.82) is 0 Å². The van der Waals surface area contributed by atoms with Gasteiger partial charge in [-0.2, -0.15) is 0 Å².